The minimum Gasteiger partial charge on any atom is -0.385 e. The molecule has 0 aromatic carbocycles. The molecule has 10 heteroatoms. The highest BCUT2D eigenvalue weighted by atomic mass is 32.2. The van der Waals surface area contributed by atoms with Crippen LogP contribution in [0.15, 0.2) is 17.6 Å². The van der Waals surface area contributed by atoms with Crippen LogP contribution in [0.4, 0.5) is 13.2 Å². The second-order valence-electron chi connectivity index (χ2n) is 5.85. The van der Waals surface area contributed by atoms with Crippen molar-refractivity contribution in [1.82, 2.24) is 19.3 Å². The third kappa shape index (κ3) is 5.34. The fraction of sp³-hybridized carbons (Fsp3) is 0.562. The number of halogens is 3. The first-order chi connectivity index (χ1) is 12.2. The standard InChI is InChI=1S/C16H21F3N4O2S/c1-11-7-13(12(2)23(11)9-16(17,18)19)14(24)8-26-15-21-20-10-22(15)5-4-6-25-3/h7,10H,4-6,8-9H2,1-3H3. The Balaban J connectivity index is 2.03. The fourth-order valence-electron chi connectivity index (χ4n) is 2.60. The van der Waals surface area contributed by atoms with Crippen molar-refractivity contribution in [2.24, 2.45) is 0 Å². The summed E-state index contributed by atoms with van der Waals surface area (Å²) in [6, 6.07) is 1.51. The molecule has 6 nitrogen and oxygen atoms in total. The Kier molecular flexibility index (Phi) is 6.87. The Hall–Kier alpha value is -1.81. The second kappa shape index (κ2) is 8.72. The van der Waals surface area contributed by atoms with Crippen LogP contribution in [0.3, 0.4) is 0 Å². The maximum Gasteiger partial charge on any atom is 0.406 e. The van der Waals surface area contributed by atoms with E-state index in [0.29, 0.717) is 35.3 Å². The number of ketones is 1. The van der Waals surface area contributed by atoms with Gasteiger partial charge in [0.2, 0.25) is 0 Å². The third-order valence-corrected chi connectivity index (χ3v) is 4.85. The van der Waals surface area contributed by atoms with Crippen molar-refractivity contribution >= 4 is 17.5 Å². The lowest BCUT2D eigenvalue weighted by atomic mass is 10.2. The van der Waals surface area contributed by atoms with Crippen molar-refractivity contribution < 1.29 is 22.7 Å². The SMILES string of the molecule is COCCCn1cnnc1SCC(=O)c1cc(C)n(CC(F)(F)F)c1C. The van der Waals surface area contributed by atoms with Gasteiger partial charge < -0.3 is 13.9 Å². The second-order valence-corrected chi connectivity index (χ2v) is 6.79. The minimum absolute atomic E-state index is 0.0826. The van der Waals surface area contributed by atoms with Crippen molar-refractivity contribution in [3.05, 3.63) is 29.3 Å². The van der Waals surface area contributed by atoms with E-state index >= 15 is 0 Å². The van der Waals surface area contributed by atoms with Gasteiger partial charge in [-0.2, -0.15) is 13.2 Å². The lowest BCUT2D eigenvalue weighted by Crippen LogP contribution is -2.19. The number of ether oxygens (including phenoxy) is 1. The number of aryl methyl sites for hydroxylation is 2. The van der Waals surface area contributed by atoms with Crippen LogP contribution >= 0.6 is 11.8 Å². The topological polar surface area (TPSA) is 61.9 Å². The van der Waals surface area contributed by atoms with E-state index < -0.39 is 12.7 Å². The summed E-state index contributed by atoms with van der Waals surface area (Å²) in [5.41, 5.74) is 1.05. The molecule has 2 aromatic rings. The predicted octanol–water partition coefficient (Wildman–Crippen LogP) is 3.27. The van der Waals surface area contributed by atoms with Crippen LogP contribution in [0.5, 0.6) is 0 Å². The van der Waals surface area contributed by atoms with Gasteiger partial charge >= 0.3 is 6.18 Å². The van der Waals surface area contributed by atoms with Gasteiger partial charge in [0, 0.05) is 37.2 Å². The van der Waals surface area contributed by atoms with Crippen LogP contribution in [0.25, 0.3) is 0 Å². The Morgan fingerprint density at radius 1 is 1.35 bits per heavy atom. The molecule has 0 radical (unpaired) electrons. The molecule has 144 valence electrons. The summed E-state index contributed by atoms with van der Waals surface area (Å²) in [6.07, 6.45) is -1.96. The first-order valence-electron chi connectivity index (χ1n) is 7.99. The fourth-order valence-corrected chi connectivity index (χ4v) is 3.43. The van der Waals surface area contributed by atoms with Gasteiger partial charge in [-0.1, -0.05) is 11.8 Å². The Bertz CT molecular complexity index is 755. The molecule has 0 amide bonds. The van der Waals surface area contributed by atoms with Crippen LogP contribution in [-0.2, 0) is 17.8 Å². The molecule has 0 bridgehead atoms. The van der Waals surface area contributed by atoms with Gasteiger partial charge in [-0.05, 0) is 26.3 Å². The monoisotopic (exact) mass is 390 g/mol. The summed E-state index contributed by atoms with van der Waals surface area (Å²) in [5.74, 6) is -0.151. The number of alkyl halides is 3. The lowest BCUT2D eigenvalue weighted by molar-refractivity contribution is -0.141. The van der Waals surface area contributed by atoms with Gasteiger partial charge in [0.05, 0.1) is 5.75 Å². The first-order valence-corrected chi connectivity index (χ1v) is 8.97. The lowest BCUT2D eigenvalue weighted by Gasteiger charge is -2.12. The zero-order valence-corrected chi connectivity index (χ0v) is 15.7. The summed E-state index contributed by atoms with van der Waals surface area (Å²) in [6.45, 7) is 3.27. The molecule has 0 saturated heterocycles. The van der Waals surface area contributed by atoms with Crippen molar-refractivity contribution in [3.63, 3.8) is 0 Å². The van der Waals surface area contributed by atoms with E-state index in [1.807, 2.05) is 4.57 Å². The van der Waals surface area contributed by atoms with Crippen LogP contribution in [-0.4, -0.2) is 50.8 Å². The van der Waals surface area contributed by atoms with E-state index in [-0.39, 0.29) is 11.5 Å². The number of thioether (sulfide) groups is 1. The van der Waals surface area contributed by atoms with Gasteiger partial charge in [-0.25, -0.2) is 0 Å². The van der Waals surface area contributed by atoms with E-state index in [9.17, 15) is 18.0 Å². The number of hydrogen-bond donors (Lipinski definition) is 0. The molecule has 0 saturated carbocycles. The molecule has 0 unspecified atom stereocenters. The number of methoxy groups -OCH3 is 1. The molecule has 0 aliphatic rings. The largest absolute Gasteiger partial charge is 0.406 e. The molecule has 2 aromatic heterocycles. The van der Waals surface area contributed by atoms with Crippen molar-refractivity contribution in [2.45, 2.75) is 44.7 Å². The molecular formula is C16H21F3N4O2S. The zero-order chi connectivity index (χ0) is 19.3. The predicted molar refractivity (Wildman–Crippen MR) is 91.5 cm³/mol. The third-order valence-electron chi connectivity index (χ3n) is 3.87. The van der Waals surface area contributed by atoms with Crippen LogP contribution < -0.4 is 0 Å². The molecule has 0 aliphatic heterocycles. The van der Waals surface area contributed by atoms with Crippen LogP contribution in [0.1, 0.15) is 28.2 Å². The summed E-state index contributed by atoms with van der Waals surface area (Å²) < 4.78 is 46.0. The van der Waals surface area contributed by atoms with E-state index in [2.05, 4.69) is 10.2 Å². The molecular weight excluding hydrogens is 369 g/mol. The van der Waals surface area contributed by atoms with Crippen LogP contribution in [0.2, 0.25) is 0 Å². The highest BCUT2D eigenvalue weighted by molar-refractivity contribution is 7.99. The van der Waals surface area contributed by atoms with E-state index in [1.54, 1.807) is 20.4 Å². The first kappa shape index (κ1) is 20.5. The zero-order valence-electron chi connectivity index (χ0n) is 14.8. The molecule has 0 spiro atoms. The molecule has 0 N–H and O–H groups in total. The average Bonchev–Trinajstić information content (AvgIpc) is 3.11. The van der Waals surface area contributed by atoms with E-state index in [1.165, 1.54) is 24.8 Å². The van der Waals surface area contributed by atoms with Gasteiger partial charge in [0.1, 0.15) is 12.9 Å². The van der Waals surface area contributed by atoms with Crippen LogP contribution in [0, 0.1) is 13.8 Å². The van der Waals surface area contributed by atoms with Crippen molar-refractivity contribution in [3.8, 4) is 0 Å². The van der Waals surface area contributed by atoms with Crippen molar-refractivity contribution in [2.75, 3.05) is 19.5 Å². The molecule has 0 aliphatic carbocycles. The summed E-state index contributed by atoms with van der Waals surface area (Å²) in [4.78, 5) is 12.5. The number of carbonyl (C=O) groups is 1. The van der Waals surface area contributed by atoms with E-state index in [0.717, 1.165) is 11.0 Å². The van der Waals surface area contributed by atoms with Gasteiger partial charge in [-0.15, -0.1) is 10.2 Å². The van der Waals surface area contributed by atoms with Gasteiger partial charge in [0.25, 0.3) is 0 Å². The number of hydrogen-bond acceptors (Lipinski definition) is 5. The Labute approximate surface area is 153 Å². The highest BCUT2D eigenvalue weighted by Gasteiger charge is 2.30. The summed E-state index contributed by atoms with van der Waals surface area (Å²) >= 11 is 1.22. The maximum atomic E-state index is 12.7. The Morgan fingerprint density at radius 2 is 2.08 bits per heavy atom. The highest BCUT2D eigenvalue weighted by Crippen LogP contribution is 2.25. The number of carbonyl (C=O) groups excluding carboxylic acids is 1. The quantitative estimate of drug-likeness (QED) is 0.374. The molecule has 0 fully saturated rings. The van der Waals surface area contributed by atoms with Gasteiger partial charge in [0.15, 0.2) is 10.9 Å². The average molecular weight is 390 g/mol. The van der Waals surface area contributed by atoms with Crippen molar-refractivity contribution in [1.29, 1.82) is 0 Å². The summed E-state index contributed by atoms with van der Waals surface area (Å²) in [7, 11) is 1.62. The Morgan fingerprint density at radius 3 is 2.73 bits per heavy atom. The number of rotatable bonds is 9. The summed E-state index contributed by atoms with van der Waals surface area (Å²) in [5, 5.41) is 8.42. The van der Waals surface area contributed by atoms with E-state index in [4.69, 9.17) is 4.74 Å². The van der Waals surface area contributed by atoms with Gasteiger partial charge in [-0.3, -0.25) is 4.79 Å². The molecule has 2 rings (SSSR count). The molecule has 0 atom stereocenters. The molecule has 2 heterocycles. The number of nitrogens with zero attached hydrogens (tertiary/aromatic N) is 4. The minimum atomic E-state index is -4.33. The normalized spacial score (nSPS) is 11.9. The smallest absolute Gasteiger partial charge is 0.385 e. The number of aromatic nitrogens is 4. The maximum absolute atomic E-state index is 12.7. The number of Topliss-reactive ketones (excluding diaryl/α,β-unsaturated/α-hetero) is 1. The molecule has 26 heavy (non-hydrogen) atoms.